The van der Waals surface area contributed by atoms with Crippen LogP contribution in [-0.2, 0) is 16.8 Å². The van der Waals surface area contributed by atoms with Gasteiger partial charge in [-0.25, -0.2) is 0 Å². The van der Waals surface area contributed by atoms with Gasteiger partial charge < -0.3 is 0 Å². The van der Waals surface area contributed by atoms with E-state index in [2.05, 4.69) is 55.4 Å². The maximum atomic E-state index is 7.28. The van der Waals surface area contributed by atoms with Gasteiger partial charge in [-0.1, -0.05) is 0 Å². The molecule has 20 heavy (non-hydrogen) atoms. The van der Waals surface area contributed by atoms with Crippen molar-refractivity contribution in [3.05, 3.63) is 22.3 Å². The monoisotopic (exact) mass is 361 g/mol. The number of halogens is 1. The molecule has 0 nitrogen and oxygen atoms in total. The molecule has 0 spiro atoms. The van der Waals surface area contributed by atoms with Crippen LogP contribution in [0, 0.1) is 0 Å². The summed E-state index contributed by atoms with van der Waals surface area (Å²) in [6, 6.07) is 0. The van der Waals surface area contributed by atoms with Gasteiger partial charge in [0.15, 0.2) is 0 Å². The molecule has 0 radical (unpaired) electrons. The molecule has 2 heterocycles. The Morgan fingerprint density at radius 2 is 1.05 bits per heavy atom. The van der Waals surface area contributed by atoms with Crippen molar-refractivity contribution in [1.29, 1.82) is 0 Å². The second kappa shape index (κ2) is 5.47. The van der Waals surface area contributed by atoms with Gasteiger partial charge in [0, 0.05) is 0 Å². The fourth-order valence-corrected chi connectivity index (χ4v) is 16.1. The van der Waals surface area contributed by atoms with Crippen LogP contribution in [0.3, 0.4) is 0 Å². The molecule has 109 valence electrons. The van der Waals surface area contributed by atoms with E-state index in [0.717, 1.165) is 0 Å². The van der Waals surface area contributed by atoms with Crippen molar-refractivity contribution in [1.82, 2.24) is 0 Å². The molecular weight excluding hydrogens is 337 g/mol. The van der Waals surface area contributed by atoms with Crippen LogP contribution < -0.4 is 0 Å². The summed E-state index contributed by atoms with van der Waals surface area (Å²) in [5, 5.41) is 3.04. The molecule has 2 unspecified atom stereocenters. The Balaban J connectivity index is 2.52. The normalized spacial score (nSPS) is 35.5. The molecule has 2 rings (SSSR count). The van der Waals surface area contributed by atoms with Crippen LogP contribution in [0.1, 0.15) is 55.4 Å². The Morgan fingerprint density at radius 3 is 1.25 bits per heavy atom. The Hall–Kier alpha value is 0.824. The molecule has 0 aliphatic carbocycles. The van der Waals surface area contributed by atoms with Crippen molar-refractivity contribution in [3.63, 3.8) is 0 Å². The Bertz CT molecular complexity index is 548. The van der Waals surface area contributed by atoms with Crippen molar-refractivity contribution in [3.8, 4) is 0 Å². The Labute approximate surface area is 137 Å². The topological polar surface area (TPSA) is 0 Å². The first-order valence-electron chi connectivity index (χ1n) is 7.08. The van der Waals surface area contributed by atoms with Gasteiger partial charge in [-0.05, 0) is 0 Å². The molecule has 2 atom stereocenters. The third kappa shape index (κ3) is 2.32. The van der Waals surface area contributed by atoms with E-state index in [0.29, 0.717) is 0 Å². The molecule has 0 aromatic rings. The first kappa shape index (κ1) is 17.2. The molecule has 2 aliphatic rings. The average Bonchev–Trinajstić information content (AvgIpc) is 2.71. The molecule has 0 saturated carbocycles. The van der Waals surface area contributed by atoms with Crippen LogP contribution >= 0.6 is 25.7 Å². The Kier molecular flexibility index (Phi) is 4.70. The van der Waals surface area contributed by atoms with Gasteiger partial charge in [0.2, 0.25) is 0 Å². The zero-order chi connectivity index (χ0) is 15.5. The molecule has 0 aromatic heterocycles. The summed E-state index contributed by atoms with van der Waals surface area (Å²) in [4.78, 5) is 0. The molecule has 2 aliphatic heterocycles. The number of allylic oxidation sites excluding steroid dienone is 4. The van der Waals surface area contributed by atoms with Crippen LogP contribution in [0.5, 0.6) is 0 Å². The second-order valence-corrected chi connectivity index (χ2v) is 16.9. The predicted octanol–water partition coefficient (Wildman–Crippen LogP) is 6.17. The van der Waals surface area contributed by atoms with Crippen LogP contribution in [-0.4, -0.2) is 17.5 Å². The van der Waals surface area contributed by atoms with E-state index < -0.39 is 16.8 Å². The van der Waals surface area contributed by atoms with Crippen LogP contribution in [0.15, 0.2) is 22.3 Å². The Morgan fingerprint density at radius 1 is 0.750 bits per heavy atom. The van der Waals surface area contributed by atoms with E-state index in [1.807, 2.05) is 0 Å². The van der Waals surface area contributed by atoms with Gasteiger partial charge in [0.1, 0.15) is 0 Å². The fraction of sp³-hybridized carbons (Fsp3) is 0.625. The average molecular weight is 362 g/mol. The van der Waals surface area contributed by atoms with Gasteiger partial charge in [-0.2, -0.15) is 0 Å². The molecule has 0 bridgehead atoms. The fourth-order valence-electron chi connectivity index (χ4n) is 3.18. The molecule has 0 amide bonds. The standard InChI is InChI=1S/2C8H12P.ClH.Ti/c2*1-5-6(2)8(4)9-7(5)3;;/h2*1-4H3;1H;/q;;;+1/p-1. The molecule has 0 aromatic carbocycles. The summed E-state index contributed by atoms with van der Waals surface area (Å²) in [5.41, 5.74) is 6.09. The number of rotatable bonds is 2. The van der Waals surface area contributed by atoms with E-state index in [1.165, 1.54) is 38.1 Å². The van der Waals surface area contributed by atoms with Gasteiger partial charge >= 0.3 is 138 Å². The van der Waals surface area contributed by atoms with Crippen molar-refractivity contribution in [2.75, 3.05) is 0 Å². The molecule has 4 heteroatoms. The van der Waals surface area contributed by atoms with Crippen molar-refractivity contribution >= 4 is 36.3 Å². The van der Waals surface area contributed by atoms with Crippen LogP contribution in [0.2, 0.25) is 0 Å². The maximum absolute atomic E-state index is 7.28. The van der Waals surface area contributed by atoms with Gasteiger partial charge in [0.25, 0.3) is 0 Å². The first-order chi connectivity index (χ1) is 9.05. The second-order valence-electron chi connectivity index (χ2n) is 6.35. The van der Waals surface area contributed by atoms with E-state index in [4.69, 9.17) is 9.30 Å². The summed E-state index contributed by atoms with van der Waals surface area (Å²) in [6.45, 7) is 18.5. The summed E-state index contributed by atoms with van der Waals surface area (Å²) < 4.78 is 0.452. The predicted molar refractivity (Wildman–Crippen MR) is 94.6 cm³/mol. The number of hydrogen-bond donors (Lipinski definition) is 0. The number of hydrogen-bond acceptors (Lipinski definition) is 0. The SMILES string of the molecule is CC1=P[C](C)([Ti]([Cl])[C]2(C)P=C(C)C(C)=C2C)C(C)=C1C. The van der Waals surface area contributed by atoms with E-state index in [9.17, 15) is 0 Å². The van der Waals surface area contributed by atoms with Crippen LogP contribution in [0.25, 0.3) is 0 Å². The van der Waals surface area contributed by atoms with Crippen LogP contribution in [0.4, 0.5) is 0 Å². The summed E-state index contributed by atoms with van der Waals surface area (Å²) in [5.74, 6) is 0. The summed E-state index contributed by atoms with van der Waals surface area (Å²) in [6.07, 6.45) is 0. The van der Waals surface area contributed by atoms with Crippen molar-refractivity contribution < 1.29 is 16.8 Å². The van der Waals surface area contributed by atoms with E-state index >= 15 is 0 Å². The van der Waals surface area contributed by atoms with Gasteiger partial charge in [-0.3, -0.25) is 0 Å². The molecule has 0 saturated heterocycles. The molecule has 0 fully saturated rings. The zero-order valence-electron chi connectivity index (χ0n) is 13.8. The minimum atomic E-state index is -1.84. The summed E-state index contributed by atoms with van der Waals surface area (Å²) in [7, 11) is 10.2. The van der Waals surface area contributed by atoms with Gasteiger partial charge in [-0.15, -0.1) is 0 Å². The van der Waals surface area contributed by atoms with E-state index in [-0.39, 0.29) is 6.92 Å². The van der Waals surface area contributed by atoms with Crippen molar-refractivity contribution in [2.24, 2.45) is 0 Å². The summed E-state index contributed by atoms with van der Waals surface area (Å²) >= 11 is -1.84. The van der Waals surface area contributed by atoms with Crippen molar-refractivity contribution in [2.45, 2.75) is 62.3 Å². The first-order valence-corrected chi connectivity index (χ1v) is 12.6. The third-order valence-corrected chi connectivity index (χ3v) is 19.2. The quantitative estimate of drug-likeness (QED) is 0.408. The zero-order valence-corrected chi connectivity index (χ0v) is 17.9. The minimum absolute atomic E-state index is 0.226. The third-order valence-electron chi connectivity index (χ3n) is 5.31. The van der Waals surface area contributed by atoms with Gasteiger partial charge in [0.05, 0.1) is 0 Å². The molecular formula is C16H24ClP2Ti. The molecule has 0 N–H and O–H groups in total. The van der Waals surface area contributed by atoms with E-state index in [1.54, 1.807) is 11.1 Å².